The predicted molar refractivity (Wildman–Crippen MR) is 75.7 cm³/mol. The van der Waals surface area contributed by atoms with Gasteiger partial charge in [-0.05, 0) is 23.8 Å². The summed E-state index contributed by atoms with van der Waals surface area (Å²) in [6.07, 6.45) is 0.479. The lowest BCUT2D eigenvalue weighted by Gasteiger charge is -2.27. The number of benzene rings is 1. The van der Waals surface area contributed by atoms with E-state index in [2.05, 4.69) is 50.8 Å². The third kappa shape index (κ3) is 4.08. The second-order valence-corrected chi connectivity index (χ2v) is 5.40. The highest BCUT2D eigenvalue weighted by molar-refractivity contribution is 7.80. The quantitative estimate of drug-likeness (QED) is 0.774. The summed E-state index contributed by atoms with van der Waals surface area (Å²) in [7, 11) is 0. The average molecular weight is 251 g/mol. The molecular formula is C14H21NOS. The Bertz CT molecular complexity index is 388. The molecular weight excluding hydrogens is 230 g/mol. The Balaban J connectivity index is 2.69. The maximum Gasteiger partial charge on any atom is 0.220 e. The lowest BCUT2D eigenvalue weighted by Crippen LogP contribution is -2.37. The van der Waals surface area contributed by atoms with Crippen LogP contribution in [0.2, 0.25) is 0 Å². The van der Waals surface area contributed by atoms with Gasteiger partial charge < -0.3 is 5.32 Å². The molecule has 3 heteroatoms. The number of carbonyl (C=O) groups is 1. The third-order valence-corrected chi connectivity index (χ3v) is 3.16. The molecule has 0 radical (unpaired) electrons. The summed E-state index contributed by atoms with van der Waals surface area (Å²) >= 11 is 4.05. The predicted octanol–water partition coefficient (Wildman–Crippen LogP) is 2.71. The van der Waals surface area contributed by atoms with Gasteiger partial charge in [0, 0.05) is 18.4 Å². The van der Waals surface area contributed by atoms with Gasteiger partial charge in [0.1, 0.15) is 0 Å². The number of carbonyl (C=O) groups excluding carboxylic acids is 1. The zero-order valence-corrected chi connectivity index (χ0v) is 11.7. The van der Waals surface area contributed by atoms with Crippen LogP contribution in [-0.2, 0) is 10.2 Å². The first kappa shape index (κ1) is 14.1. The molecule has 0 saturated heterocycles. The standard InChI is InChI=1S/C14H21NOS/c1-11-6-4-5-7-12(11)14(2,3)10-15-13(16)8-9-17/h4-7,17H,8-10H2,1-3H3,(H,15,16). The normalized spacial score (nSPS) is 11.3. The van der Waals surface area contributed by atoms with Crippen LogP contribution in [0.25, 0.3) is 0 Å². The Morgan fingerprint density at radius 3 is 2.59 bits per heavy atom. The Morgan fingerprint density at radius 1 is 1.35 bits per heavy atom. The highest BCUT2D eigenvalue weighted by atomic mass is 32.1. The molecule has 0 heterocycles. The topological polar surface area (TPSA) is 29.1 Å². The van der Waals surface area contributed by atoms with Gasteiger partial charge in [-0.25, -0.2) is 0 Å². The fraction of sp³-hybridized carbons (Fsp3) is 0.500. The van der Waals surface area contributed by atoms with Crippen LogP contribution in [0.3, 0.4) is 0 Å². The molecule has 1 aromatic carbocycles. The molecule has 0 aliphatic heterocycles. The van der Waals surface area contributed by atoms with E-state index in [4.69, 9.17) is 0 Å². The summed E-state index contributed by atoms with van der Waals surface area (Å²) in [4.78, 5) is 11.4. The minimum Gasteiger partial charge on any atom is -0.355 e. The summed E-state index contributed by atoms with van der Waals surface area (Å²) in [5.74, 6) is 0.665. The molecule has 0 aliphatic carbocycles. The van der Waals surface area contributed by atoms with Crippen molar-refractivity contribution in [3.8, 4) is 0 Å². The molecule has 0 aromatic heterocycles. The smallest absolute Gasteiger partial charge is 0.220 e. The fourth-order valence-electron chi connectivity index (χ4n) is 1.94. The third-order valence-electron chi connectivity index (χ3n) is 2.94. The van der Waals surface area contributed by atoms with E-state index >= 15 is 0 Å². The van der Waals surface area contributed by atoms with E-state index < -0.39 is 0 Å². The van der Waals surface area contributed by atoms with Crippen LogP contribution in [0.5, 0.6) is 0 Å². The minimum absolute atomic E-state index is 0.0440. The van der Waals surface area contributed by atoms with Crippen molar-refractivity contribution >= 4 is 18.5 Å². The van der Waals surface area contributed by atoms with Crippen LogP contribution in [0, 0.1) is 6.92 Å². The van der Waals surface area contributed by atoms with Crippen molar-refractivity contribution in [2.45, 2.75) is 32.6 Å². The van der Waals surface area contributed by atoms with Gasteiger partial charge in [0.05, 0.1) is 0 Å². The maximum atomic E-state index is 11.4. The summed E-state index contributed by atoms with van der Waals surface area (Å²) in [6.45, 7) is 7.06. The van der Waals surface area contributed by atoms with Crippen molar-refractivity contribution in [2.24, 2.45) is 0 Å². The van der Waals surface area contributed by atoms with Crippen LogP contribution in [0.4, 0.5) is 0 Å². The van der Waals surface area contributed by atoms with E-state index in [1.165, 1.54) is 11.1 Å². The highest BCUT2D eigenvalue weighted by Crippen LogP contribution is 2.25. The van der Waals surface area contributed by atoms with Crippen molar-refractivity contribution in [2.75, 3.05) is 12.3 Å². The second kappa shape index (κ2) is 6.10. The van der Waals surface area contributed by atoms with Gasteiger partial charge in [-0.1, -0.05) is 38.1 Å². The molecule has 0 spiro atoms. The van der Waals surface area contributed by atoms with Gasteiger partial charge in [-0.2, -0.15) is 12.6 Å². The van der Waals surface area contributed by atoms with Gasteiger partial charge in [0.2, 0.25) is 5.91 Å². The summed E-state index contributed by atoms with van der Waals surface area (Å²) < 4.78 is 0. The van der Waals surface area contributed by atoms with E-state index in [0.717, 1.165) is 0 Å². The SMILES string of the molecule is Cc1ccccc1C(C)(C)CNC(=O)CCS. The van der Waals surface area contributed by atoms with E-state index in [0.29, 0.717) is 18.7 Å². The molecule has 1 rings (SSSR count). The van der Waals surface area contributed by atoms with Crippen LogP contribution in [0.15, 0.2) is 24.3 Å². The lowest BCUT2D eigenvalue weighted by atomic mass is 9.82. The fourth-order valence-corrected chi connectivity index (χ4v) is 2.14. The Labute approximate surface area is 109 Å². The molecule has 17 heavy (non-hydrogen) atoms. The van der Waals surface area contributed by atoms with Gasteiger partial charge in [0.15, 0.2) is 0 Å². The number of amides is 1. The van der Waals surface area contributed by atoms with Crippen LogP contribution in [-0.4, -0.2) is 18.2 Å². The summed E-state index contributed by atoms with van der Waals surface area (Å²) in [6, 6.07) is 8.31. The molecule has 0 aliphatic rings. The zero-order chi connectivity index (χ0) is 12.9. The Kier molecular flexibility index (Phi) is 5.06. The average Bonchev–Trinajstić information content (AvgIpc) is 2.27. The largest absolute Gasteiger partial charge is 0.355 e. The molecule has 0 fully saturated rings. The monoisotopic (exact) mass is 251 g/mol. The van der Waals surface area contributed by atoms with Crippen LogP contribution < -0.4 is 5.32 Å². The lowest BCUT2D eigenvalue weighted by molar-refractivity contribution is -0.120. The van der Waals surface area contributed by atoms with Crippen molar-refractivity contribution in [1.29, 1.82) is 0 Å². The number of hydrogen-bond acceptors (Lipinski definition) is 2. The van der Waals surface area contributed by atoms with Crippen LogP contribution >= 0.6 is 12.6 Å². The molecule has 0 atom stereocenters. The summed E-state index contributed by atoms with van der Waals surface area (Å²) in [5, 5.41) is 2.96. The molecule has 0 unspecified atom stereocenters. The van der Waals surface area contributed by atoms with E-state index in [1.807, 2.05) is 12.1 Å². The Morgan fingerprint density at radius 2 is 2.00 bits per heavy atom. The molecule has 1 aromatic rings. The zero-order valence-electron chi connectivity index (χ0n) is 10.8. The molecule has 1 amide bonds. The van der Waals surface area contributed by atoms with Crippen molar-refractivity contribution in [3.63, 3.8) is 0 Å². The van der Waals surface area contributed by atoms with Crippen LogP contribution in [0.1, 0.15) is 31.4 Å². The van der Waals surface area contributed by atoms with Crippen molar-refractivity contribution in [1.82, 2.24) is 5.32 Å². The highest BCUT2D eigenvalue weighted by Gasteiger charge is 2.22. The van der Waals surface area contributed by atoms with Crippen molar-refractivity contribution in [3.05, 3.63) is 35.4 Å². The first-order valence-corrected chi connectivity index (χ1v) is 6.54. The molecule has 1 N–H and O–H groups in total. The Hall–Kier alpha value is -0.960. The number of hydrogen-bond donors (Lipinski definition) is 2. The first-order valence-electron chi connectivity index (χ1n) is 5.91. The molecule has 2 nitrogen and oxygen atoms in total. The molecule has 94 valence electrons. The van der Waals surface area contributed by atoms with Gasteiger partial charge >= 0.3 is 0 Å². The number of thiol groups is 1. The van der Waals surface area contributed by atoms with E-state index in [-0.39, 0.29) is 11.3 Å². The molecule has 0 bridgehead atoms. The summed E-state index contributed by atoms with van der Waals surface area (Å²) in [5.41, 5.74) is 2.50. The maximum absolute atomic E-state index is 11.4. The second-order valence-electron chi connectivity index (χ2n) is 4.95. The first-order chi connectivity index (χ1) is 7.97. The minimum atomic E-state index is -0.0440. The van der Waals surface area contributed by atoms with Gasteiger partial charge in [0.25, 0.3) is 0 Å². The van der Waals surface area contributed by atoms with E-state index in [9.17, 15) is 4.79 Å². The number of nitrogens with one attached hydrogen (secondary N) is 1. The molecule has 0 saturated carbocycles. The van der Waals surface area contributed by atoms with Gasteiger partial charge in [-0.15, -0.1) is 0 Å². The van der Waals surface area contributed by atoms with E-state index in [1.54, 1.807) is 0 Å². The number of aryl methyl sites for hydroxylation is 1. The van der Waals surface area contributed by atoms with Gasteiger partial charge in [-0.3, -0.25) is 4.79 Å². The number of rotatable bonds is 5. The van der Waals surface area contributed by atoms with Crippen molar-refractivity contribution < 1.29 is 4.79 Å².